The Morgan fingerprint density at radius 2 is 1.77 bits per heavy atom. The van der Waals surface area contributed by atoms with Crippen LogP contribution in [0.3, 0.4) is 0 Å². The molecule has 2 aromatic rings. The minimum Gasteiger partial charge on any atom is -0.482 e. The minimum atomic E-state index is -0.681. The number of hydrogen-bond donors (Lipinski definition) is 1. The van der Waals surface area contributed by atoms with E-state index in [0.29, 0.717) is 28.4 Å². The van der Waals surface area contributed by atoms with Crippen LogP contribution in [0.5, 0.6) is 5.75 Å². The van der Waals surface area contributed by atoms with Crippen molar-refractivity contribution in [3.63, 3.8) is 0 Å². The molecule has 1 amide bonds. The second-order valence-electron chi connectivity index (χ2n) is 5.31. The molecule has 1 N–H and O–H groups in total. The number of benzene rings is 2. The van der Waals surface area contributed by atoms with Gasteiger partial charge in [-0.2, -0.15) is 0 Å². The zero-order valence-electron chi connectivity index (χ0n) is 14.2. The Hall–Kier alpha value is -2.86. The third kappa shape index (κ3) is 6.22. The number of rotatable bonds is 8. The van der Waals surface area contributed by atoms with Gasteiger partial charge in [0, 0.05) is 22.7 Å². The number of carbonyl (C=O) groups is 3. The number of amides is 1. The first-order chi connectivity index (χ1) is 12.5. The monoisotopic (exact) mass is 375 g/mol. The third-order valence-electron chi connectivity index (χ3n) is 3.33. The van der Waals surface area contributed by atoms with Gasteiger partial charge in [0.15, 0.2) is 19.0 Å². The van der Waals surface area contributed by atoms with Crippen LogP contribution in [0.1, 0.15) is 23.7 Å². The Kier molecular flexibility index (Phi) is 7.17. The lowest BCUT2D eigenvalue weighted by Crippen LogP contribution is -2.23. The van der Waals surface area contributed by atoms with Crippen molar-refractivity contribution in [3.05, 3.63) is 59.1 Å². The van der Waals surface area contributed by atoms with E-state index in [9.17, 15) is 14.4 Å². The second kappa shape index (κ2) is 9.58. The number of halogens is 1. The van der Waals surface area contributed by atoms with E-state index < -0.39 is 18.5 Å². The molecular weight excluding hydrogens is 358 g/mol. The van der Waals surface area contributed by atoms with Gasteiger partial charge in [0.1, 0.15) is 5.75 Å². The van der Waals surface area contributed by atoms with Crippen molar-refractivity contribution in [2.45, 2.75) is 13.3 Å². The molecule has 0 aliphatic rings. The van der Waals surface area contributed by atoms with Crippen molar-refractivity contribution in [1.82, 2.24) is 0 Å². The number of ketones is 1. The summed E-state index contributed by atoms with van der Waals surface area (Å²) < 4.78 is 10.1. The van der Waals surface area contributed by atoms with E-state index in [4.69, 9.17) is 21.1 Å². The maximum atomic E-state index is 11.7. The van der Waals surface area contributed by atoms with Crippen molar-refractivity contribution in [1.29, 1.82) is 0 Å². The molecule has 0 unspecified atom stereocenters. The summed E-state index contributed by atoms with van der Waals surface area (Å²) in [5, 5.41) is 3.05. The van der Waals surface area contributed by atoms with Gasteiger partial charge >= 0.3 is 5.97 Å². The highest BCUT2D eigenvalue weighted by atomic mass is 35.5. The van der Waals surface area contributed by atoms with Gasteiger partial charge in [0.05, 0.1) is 0 Å². The van der Waals surface area contributed by atoms with E-state index in [2.05, 4.69) is 5.32 Å². The second-order valence-corrected chi connectivity index (χ2v) is 5.75. The highest BCUT2D eigenvalue weighted by Crippen LogP contribution is 2.15. The molecule has 0 spiro atoms. The first-order valence-corrected chi connectivity index (χ1v) is 8.33. The molecule has 0 fully saturated rings. The van der Waals surface area contributed by atoms with Crippen molar-refractivity contribution in [2.24, 2.45) is 0 Å². The standard InChI is InChI=1S/C19H18ClNO5/c1-2-17(22)13-6-8-16(9-7-13)25-12-19(24)26-11-18(23)21-15-5-3-4-14(20)10-15/h3-10H,2,11-12H2,1H3,(H,21,23). The van der Waals surface area contributed by atoms with E-state index in [1.165, 1.54) is 0 Å². The smallest absolute Gasteiger partial charge is 0.344 e. The molecule has 2 aromatic carbocycles. The van der Waals surface area contributed by atoms with E-state index >= 15 is 0 Å². The van der Waals surface area contributed by atoms with Gasteiger partial charge in [-0.05, 0) is 42.5 Å². The lowest BCUT2D eigenvalue weighted by atomic mass is 10.1. The molecule has 0 atom stereocenters. The van der Waals surface area contributed by atoms with Gasteiger partial charge in [0.2, 0.25) is 0 Å². The van der Waals surface area contributed by atoms with E-state index in [1.54, 1.807) is 55.5 Å². The van der Waals surface area contributed by atoms with Crippen molar-refractivity contribution in [3.8, 4) is 5.75 Å². The molecule has 0 aliphatic carbocycles. The van der Waals surface area contributed by atoms with Crippen molar-refractivity contribution >= 4 is 34.9 Å². The number of ether oxygens (including phenoxy) is 2. The first kappa shape index (κ1) is 19.5. The molecule has 6 nitrogen and oxygen atoms in total. The van der Waals surface area contributed by atoms with Crippen LogP contribution in [-0.2, 0) is 14.3 Å². The number of carbonyl (C=O) groups excluding carboxylic acids is 3. The lowest BCUT2D eigenvalue weighted by Gasteiger charge is -2.08. The average molecular weight is 376 g/mol. The molecule has 0 heterocycles. The van der Waals surface area contributed by atoms with Crippen LogP contribution in [0.2, 0.25) is 5.02 Å². The fourth-order valence-electron chi connectivity index (χ4n) is 2.03. The Bertz CT molecular complexity index is 789. The van der Waals surface area contributed by atoms with Crippen LogP contribution in [0.4, 0.5) is 5.69 Å². The molecule has 136 valence electrons. The van der Waals surface area contributed by atoms with Crippen LogP contribution >= 0.6 is 11.6 Å². The summed E-state index contributed by atoms with van der Waals surface area (Å²) in [7, 11) is 0. The maximum Gasteiger partial charge on any atom is 0.344 e. The van der Waals surface area contributed by atoms with E-state index in [-0.39, 0.29) is 12.4 Å². The van der Waals surface area contributed by atoms with Crippen LogP contribution < -0.4 is 10.1 Å². The zero-order valence-corrected chi connectivity index (χ0v) is 14.9. The van der Waals surface area contributed by atoms with Crippen LogP contribution in [0, 0.1) is 0 Å². The highest BCUT2D eigenvalue weighted by molar-refractivity contribution is 6.30. The number of esters is 1. The Morgan fingerprint density at radius 3 is 2.42 bits per heavy atom. The Balaban J connectivity index is 1.73. The Labute approximate surface area is 156 Å². The molecule has 0 saturated heterocycles. The summed E-state index contributed by atoms with van der Waals surface area (Å²) >= 11 is 5.82. The number of nitrogens with one attached hydrogen (secondary N) is 1. The lowest BCUT2D eigenvalue weighted by molar-refractivity contribution is -0.149. The van der Waals surface area contributed by atoms with Gasteiger partial charge in [-0.1, -0.05) is 24.6 Å². The fourth-order valence-corrected chi connectivity index (χ4v) is 2.22. The molecule has 0 bridgehead atoms. The summed E-state index contributed by atoms with van der Waals surface area (Å²) in [6.45, 7) is 1.01. The van der Waals surface area contributed by atoms with Crippen molar-refractivity contribution in [2.75, 3.05) is 18.5 Å². The summed E-state index contributed by atoms with van der Waals surface area (Å²) in [6.07, 6.45) is 0.420. The zero-order chi connectivity index (χ0) is 18.9. The molecule has 7 heteroatoms. The highest BCUT2D eigenvalue weighted by Gasteiger charge is 2.10. The fraction of sp³-hybridized carbons (Fsp3) is 0.211. The third-order valence-corrected chi connectivity index (χ3v) is 3.56. The van der Waals surface area contributed by atoms with E-state index in [1.807, 2.05) is 0 Å². The predicted octanol–water partition coefficient (Wildman–Crippen LogP) is 3.49. The largest absolute Gasteiger partial charge is 0.482 e. The number of Topliss-reactive ketones (excluding diaryl/α,β-unsaturated/α-hetero) is 1. The minimum absolute atomic E-state index is 0.0293. The van der Waals surface area contributed by atoms with Crippen molar-refractivity contribution < 1.29 is 23.9 Å². The van der Waals surface area contributed by atoms with Crippen LogP contribution in [0.25, 0.3) is 0 Å². The molecule has 26 heavy (non-hydrogen) atoms. The van der Waals surface area contributed by atoms with E-state index in [0.717, 1.165) is 0 Å². The van der Waals surface area contributed by atoms with Gasteiger partial charge in [-0.15, -0.1) is 0 Å². The summed E-state index contributed by atoms with van der Waals surface area (Å²) in [5.41, 5.74) is 1.09. The molecule has 0 radical (unpaired) electrons. The summed E-state index contributed by atoms with van der Waals surface area (Å²) in [4.78, 5) is 34.9. The van der Waals surface area contributed by atoms with Gasteiger partial charge in [-0.25, -0.2) is 4.79 Å². The normalized spacial score (nSPS) is 10.1. The molecule has 0 aromatic heterocycles. The first-order valence-electron chi connectivity index (χ1n) is 7.95. The SMILES string of the molecule is CCC(=O)c1ccc(OCC(=O)OCC(=O)Nc2cccc(Cl)c2)cc1. The average Bonchev–Trinajstić information content (AvgIpc) is 2.64. The number of hydrogen-bond acceptors (Lipinski definition) is 5. The molecule has 2 rings (SSSR count). The summed E-state index contributed by atoms with van der Waals surface area (Å²) in [5.74, 6) is -0.706. The molecule has 0 aliphatic heterocycles. The quantitative estimate of drug-likeness (QED) is 0.564. The van der Waals surface area contributed by atoms with Crippen LogP contribution in [-0.4, -0.2) is 30.9 Å². The topological polar surface area (TPSA) is 81.7 Å². The summed E-state index contributed by atoms with van der Waals surface area (Å²) in [6, 6.07) is 13.1. The number of anilines is 1. The van der Waals surface area contributed by atoms with Gasteiger partial charge in [0.25, 0.3) is 5.91 Å². The molecule has 0 saturated carbocycles. The molecular formula is C19H18ClNO5. The Morgan fingerprint density at radius 1 is 1.04 bits per heavy atom. The maximum absolute atomic E-state index is 11.7. The van der Waals surface area contributed by atoms with Gasteiger partial charge < -0.3 is 14.8 Å². The van der Waals surface area contributed by atoms with Crippen LogP contribution in [0.15, 0.2) is 48.5 Å². The predicted molar refractivity (Wildman–Crippen MR) is 97.6 cm³/mol. The van der Waals surface area contributed by atoms with Gasteiger partial charge in [-0.3, -0.25) is 9.59 Å².